The molecule has 0 amide bonds. The molecular weight excluding hydrogens is 259 g/mol. The fourth-order valence-electron chi connectivity index (χ4n) is 1.50. The lowest BCUT2D eigenvalue weighted by Gasteiger charge is -2.12. The van der Waals surface area contributed by atoms with Crippen molar-refractivity contribution in [2.75, 3.05) is 0 Å². The Morgan fingerprint density at radius 1 is 1.29 bits per heavy atom. The molecule has 17 heavy (non-hydrogen) atoms. The highest BCUT2D eigenvalue weighted by Gasteiger charge is 2.13. The molecule has 90 valence electrons. The molecule has 2 aromatic rings. The zero-order valence-electron chi connectivity index (χ0n) is 9.52. The van der Waals surface area contributed by atoms with Crippen molar-refractivity contribution in [2.45, 2.75) is 19.9 Å². The molecule has 0 saturated heterocycles. The third-order valence-corrected chi connectivity index (χ3v) is 2.75. The Hall–Kier alpha value is -1.19. The molecule has 0 N–H and O–H groups in total. The minimum Gasteiger partial charge on any atom is -0.425 e. The molecule has 3 nitrogen and oxygen atoms in total. The van der Waals surface area contributed by atoms with E-state index in [1.807, 2.05) is 30.5 Å². The van der Waals surface area contributed by atoms with Crippen molar-refractivity contribution in [3.05, 3.63) is 40.6 Å². The summed E-state index contributed by atoms with van der Waals surface area (Å²) in [6, 6.07) is 7.80. The maximum atomic E-state index is 6.03. The first-order valence-corrected chi connectivity index (χ1v) is 5.99. The van der Waals surface area contributed by atoms with Crippen LogP contribution in [-0.2, 0) is 0 Å². The first-order chi connectivity index (χ1) is 8.08. The molecule has 0 aliphatic rings. The van der Waals surface area contributed by atoms with Crippen LogP contribution in [0.3, 0.4) is 0 Å². The van der Waals surface area contributed by atoms with Gasteiger partial charge in [0.05, 0.1) is 6.20 Å². The van der Waals surface area contributed by atoms with Crippen molar-refractivity contribution in [1.29, 1.82) is 0 Å². The lowest BCUT2D eigenvalue weighted by molar-refractivity contribution is 0.396. The fraction of sp³-hybridized carbons (Fsp3) is 0.250. The monoisotopic (exact) mass is 270 g/mol. The van der Waals surface area contributed by atoms with E-state index in [9.17, 15) is 0 Å². The highest BCUT2D eigenvalue weighted by Crippen LogP contribution is 2.28. The van der Waals surface area contributed by atoms with Gasteiger partial charge in [-0.05, 0) is 32.0 Å². The van der Waals surface area contributed by atoms with E-state index in [2.05, 4.69) is 4.98 Å². The quantitative estimate of drug-likeness (QED) is 0.818. The number of benzene rings is 1. The van der Waals surface area contributed by atoms with E-state index in [4.69, 9.17) is 27.9 Å². The van der Waals surface area contributed by atoms with Gasteiger partial charge in [-0.3, -0.25) is 4.57 Å². The first kappa shape index (κ1) is 12.3. The summed E-state index contributed by atoms with van der Waals surface area (Å²) in [7, 11) is 0. The van der Waals surface area contributed by atoms with Crippen LogP contribution in [0.4, 0.5) is 0 Å². The highest BCUT2D eigenvalue weighted by molar-refractivity contribution is 6.30. The Morgan fingerprint density at radius 3 is 2.71 bits per heavy atom. The van der Waals surface area contributed by atoms with Gasteiger partial charge in [0.15, 0.2) is 0 Å². The minimum atomic E-state index is 0.180. The summed E-state index contributed by atoms with van der Waals surface area (Å²) >= 11 is 11.9. The van der Waals surface area contributed by atoms with Crippen molar-refractivity contribution in [3.8, 4) is 11.8 Å². The topological polar surface area (TPSA) is 27.1 Å². The molecule has 0 unspecified atom stereocenters. The lowest BCUT2D eigenvalue weighted by atomic mass is 10.3. The SMILES string of the molecule is CC(C)n1c(Cl)cnc1Oc1cccc(Cl)c1. The van der Waals surface area contributed by atoms with Gasteiger partial charge < -0.3 is 4.74 Å². The maximum absolute atomic E-state index is 6.03. The predicted molar refractivity (Wildman–Crippen MR) is 69.1 cm³/mol. The number of aromatic nitrogens is 2. The molecule has 0 radical (unpaired) electrons. The van der Waals surface area contributed by atoms with Crippen molar-refractivity contribution >= 4 is 23.2 Å². The molecule has 0 saturated carbocycles. The van der Waals surface area contributed by atoms with Crippen LogP contribution in [0.25, 0.3) is 0 Å². The summed E-state index contributed by atoms with van der Waals surface area (Å²) in [6.07, 6.45) is 1.57. The second-order valence-corrected chi connectivity index (χ2v) is 4.71. The number of hydrogen-bond donors (Lipinski definition) is 0. The average Bonchev–Trinajstić information content (AvgIpc) is 2.59. The van der Waals surface area contributed by atoms with Gasteiger partial charge in [-0.25, -0.2) is 4.98 Å². The van der Waals surface area contributed by atoms with Crippen LogP contribution < -0.4 is 4.74 Å². The number of hydrogen-bond acceptors (Lipinski definition) is 2. The molecular formula is C12H12Cl2N2O. The zero-order valence-corrected chi connectivity index (χ0v) is 11.0. The Kier molecular flexibility index (Phi) is 3.60. The molecule has 2 rings (SSSR count). The number of rotatable bonds is 3. The number of nitrogens with zero attached hydrogens (tertiary/aromatic N) is 2. The van der Waals surface area contributed by atoms with Crippen LogP contribution in [0.1, 0.15) is 19.9 Å². The van der Waals surface area contributed by atoms with Crippen LogP contribution in [0.2, 0.25) is 10.2 Å². The first-order valence-electron chi connectivity index (χ1n) is 5.24. The molecule has 0 bridgehead atoms. The Labute approximate surface area is 110 Å². The smallest absolute Gasteiger partial charge is 0.303 e. The summed E-state index contributed by atoms with van der Waals surface area (Å²) in [5.41, 5.74) is 0. The van der Waals surface area contributed by atoms with E-state index in [0.717, 1.165) is 0 Å². The van der Waals surface area contributed by atoms with Gasteiger partial charge in [-0.1, -0.05) is 29.3 Å². The largest absolute Gasteiger partial charge is 0.425 e. The minimum absolute atomic E-state index is 0.180. The number of ether oxygens (including phenoxy) is 1. The molecule has 1 heterocycles. The molecule has 1 aromatic heterocycles. The molecule has 1 aromatic carbocycles. The van der Waals surface area contributed by atoms with Crippen LogP contribution >= 0.6 is 23.2 Å². The molecule has 0 spiro atoms. The maximum Gasteiger partial charge on any atom is 0.303 e. The third-order valence-electron chi connectivity index (χ3n) is 2.24. The Bertz CT molecular complexity index is 523. The van der Waals surface area contributed by atoms with Crippen LogP contribution in [0.15, 0.2) is 30.5 Å². The van der Waals surface area contributed by atoms with Crippen molar-refractivity contribution in [1.82, 2.24) is 9.55 Å². The van der Waals surface area contributed by atoms with Crippen LogP contribution in [0, 0.1) is 0 Å². The number of imidazole rings is 1. The van der Waals surface area contributed by atoms with Crippen LogP contribution in [-0.4, -0.2) is 9.55 Å². The van der Waals surface area contributed by atoms with Gasteiger partial charge in [0, 0.05) is 11.1 Å². The zero-order chi connectivity index (χ0) is 12.4. The molecule has 0 atom stereocenters. The standard InChI is InChI=1S/C12H12Cl2N2O/c1-8(2)16-11(14)7-15-12(16)17-10-5-3-4-9(13)6-10/h3-8H,1-2H3. The Balaban J connectivity index is 2.30. The van der Waals surface area contributed by atoms with E-state index in [0.29, 0.717) is 21.9 Å². The Morgan fingerprint density at radius 2 is 2.06 bits per heavy atom. The van der Waals surface area contributed by atoms with Gasteiger partial charge in [-0.15, -0.1) is 0 Å². The molecule has 0 fully saturated rings. The third kappa shape index (κ3) is 2.73. The normalized spacial score (nSPS) is 10.9. The molecule has 0 aliphatic heterocycles. The van der Waals surface area contributed by atoms with E-state index in [1.54, 1.807) is 18.3 Å². The summed E-state index contributed by atoms with van der Waals surface area (Å²) in [6.45, 7) is 4.02. The second kappa shape index (κ2) is 4.98. The van der Waals surface area contributed by atoms with E-state index < -0.39 is 0 Å². The summed E-state index contributed by atoms with van der Waals surface area (Å²) in [5, 5.41) is 1.17. The van der Waals surface area contributed by atoms with E-state index in [1.165, 1.54) is 0 Å². The van der Waals surface area contributed by atoms with Crippen molar-refractivity contribution in [2.24, 2.45) is 0 Å². The molecule has 0 aliphatic carbocycles. The lowest BCUT2D eigenvalue weighted by Crippen LogP contribution is -2.03. The fourth-order valence-corrected chi connectivity index (χ4v) is 2.00. The average molecular weight is 271 g/mol. The summed E-state index contributed by atoms with van der Waals surface area (Å²) in [4.78, 5) is 4.13. The van der Waals surface area contributed by atoms with Gasteiger partial charge in [0.25, 0.3) is 0 Å². The highest BCUT2D eigenvalue weighted by atomic mass is 35.5. The van der Waals surface area contributed by atoms with Gasteiger partial charge in [0.1, 0.15) is 10.9 Å². The van der Waals surface area contributed by atoms with Crippen molar-refractivity contribution < 1.29 is 4.74 Å². The van der Waals surface area contributed by atoms with Crippen molar-refractivity contribution in [3.63, 3.8) is 0 Å². The number of halogens is 2. The van der Waals surface area contributed by atoms with Crippen LogP contribution in [0.5, 0.6) is 11.8 Å². The van der Waals surface area contributed by atoms with Gasteiger partial charge >= 0.3 is 6.01 Å². The van der Waals surface area contributed by atoms with Gasteiger partial charge in [-0.2, -0.15) is 0 Å². The summed E-state index contributed by atoms with van der Waals surface area (Å²) < 4.78 is 7.46. The van der Waals surface area contributed by atoms with E-state index >= 15 is 0 Å². The summed E-state index contributed by atoms with van der Waals surface area (Å²) in [5.74, 6) is 0.640. The van der Waals surface area contributed by atoms with E-state index in [-0.39, 0.29) is 6.04 Å². The van der Waals surface area contributed by atoms with Gasteiger partial charge in [0.2, 0.25) is 0 Å². The second-order valence-electron chi connectivity index (χ2n) is 3.89. The molecule has 5 heteroatoms. The predicted octanol–water partition coefficient (Wildman–Crippen LogP) is 4.56.